The highest BCUT2D eigenvalue weighted by Crippen LogP contribution is 2.37. The van der Waals surface area contributed by atoms with Gasteiger partial charge in [-0.3, -0.25) is 4.79 Å². The molecule has 0 aromatic rings. The highest BCUT2D eigenvalue weighted by Gasteiger charge is 2.36. The van der Waals surface area contributed by atoms with Gasteiger partial charge in [-0.15, -0.1) is 0 Å². The molecule has 0 aliphatic heterocycles. The Bertz CT molecular complexity index is 133. The summed E-state index contributed by atoms with van der Waals surface area (Å²) in [6.45, 7) is 2.11. The second-order valence-electron chi connectivity index (χ2n) is 2.74. The zero-order valence-corrected chi connectivity index (χ0v) is 6.04. The van der Waals surface area contributed by atoms with Crippen molar-refractivity contribution in [2.24, 2.45) is 11.8 Å². The van der Waals surface area contributed by atoms with Crippen molar-refractivity contribution in [3.63, 3.8) is 0 Å². The smallest absolute Gasteiger partial charge is 0.302 e. The van der Waals surface area contributed by atoms with Crippen LogP contribution in [0.5, 0.6) is 0 Å². The summed E-state index contributed by atoms with van der Waals surface area (Å²) in [5.41, 5.74) is 0. The third kappa shape index (κ3) is 1.99. The monoisotopic (exact) mass is 144 g/mol. The Morgan fingerprint density at radius 1 is 1.70 bits per heavy atom. The molecule has 0 amide bonds. The molecule has 1 fully saturated rings. The van der Waals surface area contributed by atoms with Crippen LogP contribution in [0.1, 0.15) is 13.3 Å². The lowest BCUT2D eigenvalue weighted by Gasteiger charge is -1.98. The van der Waals surface area contributed by atoms with Crippen molar-refractivity contribution in [2.75, 3.05) is 13.2 Å². The van der Waals surface area contributed by atoms with Gasteiger partial charge in [-0.2, -0.15) is 0 Å². The Morgan fingerprint density at radius 2 is 2.40 bits per heavy atom. The molecule has 1 aliphatic rings. The summed E-state index contributed by atoms with van der Waals surface area (Å²) < 4.78 is 4.75. The number of carbonyl (C=O) groups excluding carboxylic acids is 1. The molecule has 1 rings (SSSR count). The van der Waals surface area contributed by atoms with Crippen LogP contribution in [0.25, 0.3) is 0 Å². The van der Waals surface area contributed by atoms with Gasteiger partial charge in [0, 0.05) is 13.5 Å². The van der Waals surface area contributed by atoms with E-state index in [0.717, 1.165) is 6.42 Å². The topological polar surface area (TPSA) is 46.5 Å². The molecule has 0 spiro atoms. The van der Waals surface area contributed by atoms with Crippen molar-refractivity contribution in [1.29, 1.82) is 0 Å². The maximum Gasteiger partial charge on any atom is 0.302 e. The van der Waals surface area contributed by atoms with Gasteiger partial charge in [0.25, 0.3) is 0 Å². The minimum Gasteiger partial charge on any atom is -0.466 e. The third-order valence-electron chi connectivity index (χ3n) is 1.80. The first-order valence-electron chi connectivity index (χ1n) is 3.48. The summed E-state index contributed by atoms with van der Waals surface area (Å²) in [6, 6.07) is 0. The van der Waals surface area contributed by atoms with Crippen molar-refractivity contribution in [2.45, 2.75) is 13.3 Å². The van der Waals surface area contributed by atoms with Crippen LogP contribution in [-0.4, -0.2) is 24.3 Å². The summed E-state index contributed by atoms with van der Waals surface area (Å²) in [4.78, 5) is 10.3. The first-order chi connectivity index (χ1) is 4.74. The Morgan fingerprint density at radius 3 is 2.80 bits per heavy atom. The molecule has 0 aromatic carbocycles. The van der Waals surface area contributed by atoms with Gasteiger partial charge in [0.15, 0.2) is 0 Å². The first kappa shape index (κ1) is 7.54. The molecule has 0 aromatic heterocycles. The molecule has 1 aliphatic carbocycles. The number of carbonyl (C=O) groups is 1. The van der Waals surface area contributed by atoms with E-state index in [1.807, 2.05) is 0 Å². The van der Waals surface area contributed by atoms with Crippen LogP contribution >= 0.6 is 0 Å². The summed E-state index contributed by atoms with van der Waals surface area (Å²) in [6.07, 6.45) is 1.00. The number of aliphatic hydroxyl groups is 1. The number of rotatable bonds is 3. The molecule has 0 bridgehead atoms. The molecular formula is C7H12O3. The van der Waals surface area contributed by atoms with Gasteiger partial charge < -0.3 is 9.84 Å². The Labute approximate surface area is 60.0 Å². The molecule has 10 heavy (non-hydrogen) atoms. The molecule has 1 saturated carbocycles. The van der Waals surface area contributed by atoms with Gasteiger partial charge >= 0.3 is 5.97 Å². The van der Waals surface area contributed by atoms with Crippen LogP contribution in [0.15, 0.2) is 0 Å². The molecule has 0 unspecified atom stereocenters. The molecule has 3 heteroatoms. The molecule has 0 radical (unpaired) electrons. The average Bonchev–Trinajstić information content (AvgIpc) is 2.61. The minimum absolute atomic E-state index is 0.228. The predicted molar refractivity (Wildman–Crippen MR) is 35.3 cm³/mol. The fourth-order valence-electron chi connectivity index (χ4n) is 0.962. The van der Waals surface area contributed by atoms with E-state index in [4.69, 9.17) is 9.84 Å². The first-order valence-corrected chi connectivity index (χ1v) is 3.48. The van der Waals surface area contributed by atoms with Gasteiger partial charge in [0.05, 0.1) is 6.61 Å². The fraction of sp³-hybridized carbons (Fsp3) is 0.857. The van der Waals surface area contributed by atoms with Crippen LogP contribution in [0.4, 0.5) is 0 Å². The Hall–Kier alpha value is -0.570. The number of hydrogen-bond acceptors (Lipinski definition) is 3. The molecule has 0 saturated heterocycles. The summed E-state index contributed by atoms with van der Waals surface area (Å²) >= 11 is 0. The van der Waals surface area contributed by atoms with Gasteiger partial charge in [0.1, 0.15) is 0 Å². The SMILES string of the molecule is CC(=O)OC[C@H]1C[C@H]1CO. The van der Waals surface area contributed by atoms with Crippen LogP contribution in [0.3, 0.4) is 0 Å². The average molecular weight is 144 g/mol. The second-order valence-corrected chi connectivity index (χ2v) is 2.74. The number of ether oxygens (including phenoxy) is 1. The normalized spacial score (nSPS) is 29.8. The largest absolute Gasteiger partial charge is 0.466 e. The highest BCUT2D eigenvalue weighted by atomic mass is 16.5. The lowest BCUT2D eigenvalue weighted by Crippen LogP contribution is -2.03. The van der Waals surface area contributed by atoms with Crippen molar-refractivity contribution in [1.82, 2.24) is 0 Å². The molecule has 3 nitrogen and oxygen atoms in total. The maximum absolute atomic E-state index is 10.3. The fourth-order valence-corrected chi connectivity index (χ4v) is 0.962. The van der Waals surface area contributed by atoms with E-state index in [1.54, 1.807) is 0 Å². The van der Waals surface area contributed by atoms with E-state index in [2.05, 4.69) is 0 Å². The van der Waals surface area contributed by atoms with Crippen LogP contribution in [0.2, 0.25) is 0 Å². The van der Waals surface area contributed by atoms with E-state index in [9.17, 15) is 4.79 Å². The zero-order valence-electron chi connectivity index (χ0n) is 6.04. The van der Waals surface area contributed by atoms with E-state index < -0.39 is 0 Å². The molecule has 0 heterocycles. The van der Waals surface area contributed by atoms with Crippen molar-refractivity contribution in [3.05, 3.63) is 0 Å². The molecule has 2 atom stereocenters. The number of aliphatic hydroxyl groups excluding tert-OH is 1. The molecular weight excluding hydrogens is 132 g/mol. The van der Waals surface area contributed by atoms with E-state index in [0.29, 0.717) is 18.4 Å². The Kier molecular flexibility index (Phi) is 2.27. The standard InChI is InChI=1S/C7H12O3/c1-5(9)10-4-7-2-6(7)3-8/h6-8H,2-4H2,1H3/t6-,7+/m0/s1. The minimum atomic E-state index is -0.233. The van der Waals surface area contributed by atoms with E-state index in [1.165, 1.54) is 6.92 Å². The zero-order chi connectivity index (χ0) is 7.56. The Balaban J connectivity index is 2.01. The van der Waals surface area contributed by atoms with Crippen LogP contribution in [-0.2, 0) is 9.53 Å². The summed E-state index contributed by atoms with van der Waals surface area (Å²) in [5.74, 6) is 0.580. The van der Waals surface area contributed by atoms with Gasteiger partial charge in [-0.1, -0.05) is 0 Å². The maximum atomic E-state index is 10.3. The van der Waals surface area contributed by atoms with Gasteiger partial charge in [-0.05, 0) is 18.3 Å². The van der Waals surface area contributed by atoms with E-state index >= 15 is 0 Å². The highest BCUT2D eigenvalue weighted by molar-refractivity contribution is 5.65. The summed E-state index contributed by atoms with van der Waals surface area (Å²) in [7, 11) is 0. The van der Waals surface area contributed by atoms with Gasteiger partial charge in [-0.25, -0.2) is 0 Å². The van der Waals surface area contributed by atoms with Gasteiger partial charge in [0.2, 0.25) is 0 Å². The van der Waals surface area contributed by atoms with Crippen molar-refractivity contribution >= 4 is 5.97 Å². The summed E-state index contributed by atoms with van der Waals surface area (Å²) in [5, 5.41) is 8.60. The number of hydrogen-bond donors (Lipinski definition) is 1. The van der Waals surface area contributed by atoms with E-state index in [-0.39, 0.29) is 12.6 Å². The third-order valence-corrected chi connectivity index (χ3v) is 1.80. The number of esters is 1. The quantitative estimate of drug-likeness (QED) is 0.575. The molecule has 58 valence electrons. The van der Waals surface area contributed by atoms with Crippen LogP contribution < -0.4 is 0 Å². The predicted octanol–water partition coefficient (Wildman–Crippen LogP) is 0.178. The molecule has 1 N–H and O–H groups in total. The lowest BCUT2D eigenvalue weighted by atomic mass is 10.3. The lowest BCUT2D eigenvalue weighted by molar-refractivity contribution is -0.141. The second kappa shape index (κ2) is 3.01. The van der Waals surface area contributed by atoms with Crippen molar-refractivity contribution < 1.29 is 14.6 Å². The van der Waals surface area contributed by atoms with Crippen LogP contribution in [0, 0.1) is 11.8 Å². The van der Waals surface area contributed by atoms with Crippen molar-refractivity contribution in [3.8, 4) is 0 Å².